The SMILES string of the molecule is CCNC(=NCCCOCC1CCOC1)NC1CCCC(C(=O)NC(C)C)C1. The fourth-order valence-electron chi connectivity index (χ4n) is 3.80. The average molecular weight is 397 g/mol. The van der Waals surface area contributed by atoms with E-state index in [1.807, 2.05) is 13.8 Å². The molecule has 0 aromatic heterocycles. The second-order valence-corrected chi connectivity index (χ2v) is 8.29. The molecule has 1 aliphatic carbocycles. The van der Waals surface area contributed by atoms with Gasteiger partial charge in [0.1, 0.15) is 0 Å². The van der Waals surface area contributed by atoms with Crippen LogP contribution in [0.1, 0.15) is 59.3 Å². The zero-order valence-electron chi connectivity index (χ0n) is 18.0. The molecule has 2 fully saturated rings. The molecule has 2 aliphatic rings. The Kier molecular flexibility index (Phi) is 10.6. The van der Waals surface area contributed by atoms with Crippen LogP contribution in [0.5, 0.6) is 0 Å². The van der Waals surface area contributed by atoms with Crippen molar-refractivity contribution in [2.45, 2.75) is 71.4 Å². The maximum Gasteiger partial charge on any atom is 0.223 e. The summed E-state index contributed by atoms with van der Waals surface area (Å²) in [6, 6.07) is 0.496. The first-order valence-electron chi connectivity index (χ1n) is 11.1. The van der Waals surface area contributed by atoms with Gasteiger partial charge in [0.05, 0.1) is 13.2 Å². The van der Waals surface area contributed by atoms with E-state index in [2.05, 4.69) is 27.9 Å². The second kappa shape index (κ2) is 13.0. The minimum absolute atomic E-state index is 0.101. The van der Waals surface area contributed by atoms with Crippen molar-refractivity contribution in [3.05, 3.63) is 0 Å². The molecule has 3 atom stereocenters. The maximum absolute atomic E-state index is 12.3. The van der Waals surface area contributed by atoms with Crippen molar-refractivity contribution >= 4 is 11.9 Å². The molecule has 1 saturated carbocycles. The van der Waals surface area contributed by atoms with Gasteiger partial charge < -0.3 is 25.4 Å². The van der Waals surface area contributed by atoms with E-state index in [4.69, 9.17) is 9.47 Å². The van der Waals surface area contributed by atoms with Gasteiger partial charge in [0.25, 0.3) is 0 Å². The number of aliphatic imine (C=N–C) groups is 1. The highest BCUT2D eigenvalue weighted by atomic mass is 16.5. The third-order valence-corrected chi connectivity index (χ3v) is 5.26. The summed E-state index contributed by atoms with van der Waals surface area (Å²) in [5.74, 6) is 1.70. The van der Waals surface area contributed by atoms with Crippen LogP contribution in [0, 0.1) is 11.8 Å². The van der Waals surface area contributed by atoms with Gasteiger partial charge in [0, 0.05) is 50.2 Å². The number of nitrogens with zero attached hydrogens (tertiary/aromatic N) is 1. The Balaban J connectivity index is 1.69. The van der Waals surface area contributed by atoms with E-state index in [1.165, 1.54) is 0 Å². The molecule has 7 nitrogen and oxygen atoms in total. The summed E-state index contributed by atoms with van der Waals surface area (Å²) in [5.41, 5.74) is 0. The number of carbonyl (C=O) groups excluding carboxylic acids is 1. The lowest BCUT2D eigenvalue weighted by atomic mass is 9.85. The Morgan fingerprint density at radius 1 is 1.29 bits per heavy atom. The average Bonchev–Trinajstić information content (AvgIpc) is 3.18. The molecule has 0 bridgehead atoms. The van der Waals surface area contributed by atoms with Crippen LogP contribution >= 0.6 is 0 Å². The maximum atomic E-state index is 12.3. The van der Waals surface area contributed by atoms with Crippen molar-refractivity contribution in [3.63, 3.8) is 0 Å². The van der Waals surface area contributed by atoms with Crippen LogP contribution in [0.15, 0.2) is 4.99 Å². The molecule has 7 heteroatoms. The summed E-state index contributed by atoms with van der Waals surface area (Å²) < 4.78 is 11.1. The van der Waals surface area contributed by atoms with Crippen molar-refractivity contribution in [2.24, 2.45) is 16.8 Å². The van der Waals surface area contributed by atoms with Gasteiger partial charge in [-0.15, -0.1) is 0 Å². The molecular weight excluding hydrogens is 356 g/mol. The van der Waals surface area contributed by atoms with E-state index in [9.17, 15) is 4.79 Å². The summed E-state index contributed by atoms with van der Waals surface area (Å²) >= 11 is 0. The molecule has 0 radical (unpaired) electrons. The van der Waals surface area contributed by atoms with E-state index in [-0.39, 0.29) is 17.9 Å². The van der Waals surface area contributed by atoms with Crippen molar-refractivity contribution in [1.82, 2.24) is 16.0 Å². The molecule has 28 heavy (non-hydrogen) atoms. The Morgan fingerprint density at radius 3 is 2.86 bits per heavy atom. The predicted molar refractivity (Wildman–Crippen MR) is 113 cm³/mol. The van der Waals surface area contributed by atoms with Crippen LogP contribution in [0.3, 0.4) is 0 Å². The number of guanidine groups is 1. The molecule has 3 N–H and O–H groups in total. The Bertz CT molecular complexity index is 478. The highest BCUT2D eigenvalue weighted by Crippen LogP contribution is 2.24. The number of carbonyl (C=O) groups is 1. The smallest absolute Gasteiger partial charge is 0.223 e. The normalized spacial score (nSPS) is 25.7. The quantitative estimate of drug-likeness (QED) is 0.299. The van der Waals surface area contributed by atoms with Gasteiger partial charge in [0.2, 0.25) is 5.91 Å². The van der Waals surface area contributed by atoms with Crippen LogP contribution in [-0.2, 0) is 14.3 Å². The van der Waals surface area contributed by atoms with Crippen molar-refractivity contribution < 1.29 is 14.3 Å². The van der Waals surface area contributed by atoms with E-state index >= 15 is 0 Å². The van der Waals surface area contributed by atoms with Gasteiger partial charge >= 0.3 is 0 Å². The van der Waals surface area contributed by atoms with Gasteiger partial charge in [0.15, 0.2) is 5.96 Å². The van der Waals surface area contributed by atoms with Crippen LogP contribution < -0.4 is 16.0 Å². The molecule has 1 heterocycles. The highest BCUT2D eigenvalue weighted by molar-refractivity contribution is 5.81. The van der Waals surface area contributed by atoms with Gasteiger partial charge in [-0.3, -0.25) is 9.79 Å². The Hall–Kier alpha value is -1.34. The highest BCUT2D eigenvalue weighted by Gasteiger charge is 2.28. The number of rotatable bonds is 10. The molecule has 1 saturated heterocycles. The first-order chi connectivity index (χ1) is 13.6. The molecule has 0 aromatic carbocycles. The minimum atomic E-state index is 0.101. The standard InChI is InChI=1S/C21H40N4O3/c1-4-22-21(23-10-6-11-27-14-17-9-12-28-15-17)25-19-8-5-7-18(13-19)20(26)24-16(2)3/h16-19H,4-15H2,1-3H3,(H,24,26)(H2,22,23,25). The van der Waals surface area contributed by atoms with Crippen molar-refractivity contribution in [3.8, 4) is 0 Å². The molecule has 3 unspecified atom stereocenters. The number of amides is 1. The van der Waals surface area contributed by atoms with Gasteiger partial charge in [-0.05, 0) is 52.9 Å². The number of hydrogen-bond donors (Lipinski definition) is 3. The lowest BCUT2D eigenvalue weighted by Gasteiger charge is -2.30. The minimum Gasteiger partial charge on any atom is -0.381 e. The number of nitrogens with one attached hydrogen (secondary N) is 3. The summed E-state index contributed by atoms with van der Waals surface area (Å²) in [6.07, 6.45) is 6.04. The molecule has 1 aliphatic heterocycles. The zero-order valence-corrected chi connectivity index (χ0v) is 18.0. The Morgan fingerprint density at radius 2 is 2.14 bits per heavy atom. The van der Waals surface area contributed by atoms with Crippen LogP contribution in [0.25, 0.3) is 0 Å². The third kappa shape index (κ3) is 8.78. The Labute approximate surface area is 170 Å². The number of ether oxygens (including phenoxy) is 2. The fourth-order valence-corrected chi connectivity index (χ4v) is 3.80. The lowest BCUT2D eigenvalue weighted by molar-refractivity contribution is -0.126. The molecule has 162 valence electrons. The van der Waals surface area contributed by atoms with Crippen LogP contribution in [0.2, 0.25) is 0 Å². The van der Waals surface area contributed by atoms with Gasteiger partial charge in [-0.2, -0.15) is 0 Å². The van der Waals surface area contributed by atoms with E-state index in [1.54, 1.807) is 0 Å². The van der Waals surface area contributed by atoms with E-state index < -0.39 is 0 Å². The lowest BCUT2D eigenvalue weighted by Crippen LogP contribution is -2.47. The summed E-state index contributed by atoms with van der Waals surface area (Å²) in [5, 5.41) is 9.91. The van der Waals surface area contributed by atoms with Gasteiger partial charge in [-0.25, -0.2) is 0 Å². The molecule has 0 aromatic rings. The topological polar surface area (TPSA) is 84.0 Å². The van der Waals surface area contributed by atoms with Crippen LogP contribution in [-0.4, -0.2) is 63.5 Å². The number of hydrogen-bond acceptors (Lipinski definition) is 4. The third-order valence-electron chi connectivity index (χ3n) is 5.26. The zero-order chi connectivity index (χ0) is 20.2. The summed E-state index contributed by atoms with van der Waals surface area (Å²) in [4.78, 5) is 17.0. The second-order valence-electron chi connectivity index (χ2n) is 8.29. The first-order valence-corrected chi connectivity index (χ1v) is 11.1. The molecular formula is C21H40N4O3. The monoisotopic (exact) mass is 396 g/mol. The van der Waals surface area contributed by atoms with Crippen LogP contribution in [0.4, 0.5) is 0 Å². The fraction of sp³-hybridized carbons (Fsp3) is 0.905. The molecule has 1 amide bonds. The van der Waals surface area contributed by atoms with Crippen molar-refractivity contribution in [2.75, 3.05) is 39.5 Å². The van der Waals surface area contributed by atoms with Gasteiger partial charge in [-0.1, -0.05) is 6.42 Å². The summed E-state index contributed by atoms with van der Waals surface area (Å²) in [6.45, 7) is 10.9. The van der Waals surface area contributed by atoms with Crippen molar-refractivity contribution in [1.29, 1.82) is 0 Å². The molecule has 0 spiro atoms. The first kappa shape index (κ1) is 22.9. The van der Waals surface area contributed by atoms with E-state index in [0.29, 0.717) is 12.0 Å². The molecule has 2 rings (SSSR count). The predicted octanol–water partition coefficient (Wildman–Crippen LogP) is 2.07. The summed E-state index contributed by atoms with van der Waals surface area (Å²) in [7, 11) is 0. The largest absolute Gasteiger partial charge is 0.381 e. The van der Waals surface area contributed by atoms with E-state index in [0.717, 1.165) is 84.0 Å².